The Bertz CT molecular complexity index is 799. The first kappa shape index (κ1) is 18.6. The van der Waals surface area contributed by atoms with Gasteiger partial charge in [0.15, 0.2) is 5.82 Å². The lowest BCUT2D eigenvalue weighted by Gasteiger charge is -2.43. The van der Waals surface area contributed by atoms with Crippen molar-refractivity contribution in [1.82, 2.24) is 25.1 Å². The highest BCUT2D eigenvalue weighted by molar-refractivity contribution is 6.31. The fourth-order valence-electron chi connectivity index (χ4n) is 3.73. The van der Waals surface area contributed by atoms with Crippen molar-refractivity contribution in [3.05, 3.63) is 34.6 Å². The van der Waals surface area contributed by atoms with Gasteiger partial charge in [-0.3, -0.25) is 4.90 Å². The monoisotopic (exact) mass is 377 g/mol. The molecule has 0 unspecified atom stereocenters. The molecule has 1 aromatic heterocycles. The highest BCUT2D eigenvalue weighted by Crippen LogP contribution is 2.43. The van der Waals surface area contributed by atoms with E-state index in [1.807, 2.05) is 25.1 Å². The van der Waals surface area contributed by atoms with Crippen LogP contribution in [-0.4, -0.2) is 45.4 Å². The van der Waals surface area contributed by atoms with Gasteiger partial charge in [0.2, 0.25) is 0 Å². The number of ether oxygens (including phenoxy) is 1. The van der Waals surface area contributed by atoms with E-state index in [1.54, 1.807) is 16.6 Å². The van der Waals surface area contributed by atoms with E-state index in [-0.39, 0.29) is 0 Å². The molecule has 1 aliphatic rings. The minimum absolute atomic E-state index is 0.392. The molecule has 2 aromatic rings. The summed E-state index contributed by atoms with van der Waals surface area (Å²) in [6, 6.07) is 5.64. The van der Waals surface area contributed by atoms with Crippen molar-refractivity contribution in [1.29, 1.82) is 0 Å². The van der Waals surface area contributed by atoms with E-state index >= 15 is 0 Å². The Labute approximate surface area is 158 Å². The van der Waals surface area contributed by atoms with Crippen molar-refractivity contribution >= 4 is 17.7 Å². The van der Waals surface area contributed by atoms with Crippen LogP contribution in [0, 0.1) is 12.8 Å². The van der Waals surface area contributed by atoms with Crippen LogP contribution < -0.4 is 0 Å². The molecule has 0 N–H and O–H groups in total. The summed E-state index contributed by atoms with van der Waals surface area (Å²) in [7, 11) is 3.15. The van der Waals surface area contributed by atoms with Crippen LogP contribution in [0.2, 0.25) is 5.02 Å². The van der Waals surface area contributed by atoms with Crippen LogP contribution in [0.25, 0.3) is 5.69 Å². The molecule has 8 heteroatoms. The first-order valence-corrected chi connectivity index (χ1v) is 9.14. The highest BCUT2D eigenvalue weighted by Gasteiger charge is 2.46. The van der Waals surface area contributed by atoms with Crippen molar-refractivity contribution in [2.24, 2.45) is 5.92 Å². The number of amides is 1. The maximum atomic E-state index is 12.4. The first-order chi connectivity index (χ1) is 12.4. The Kier molecular flexibility index (Phi) is 5.18. The van der Waals surface area contributed by atoms with Crippen molar-refractivity contribution < 1.29 is 9.53 Å². The summed E-state index contributed by atoms with van der Waals surface area (Å²) < 4.78 is 6.70. The summed E-state index contributed by atoms with van der Waals surface area (Å²) in [4.78, 5) is 14.0. The van der Waals surface area contributed by atoms with E-state index < -0.39 is 11.6 Å². The van der Waals surface area contributed by atoms with Gasteiger partial charge in [-0.2, -0.15) is 4.68 Å². The van der Waals surface area contributed by atoms with Gasteiger partial charge in [0.25, 0.3) is 0 Å². The van der Waals surface area contributed by atoms with Gasteiger partial charge in [0.05, 0.1) is 12.8 Å². The van der Waals surface area contributed by atoms with Crippen LogP contribution in [0.4, 0.5) is 4.79 Å². The van der Waals surface area contributed by atoms with Crippen molar-refractivity contribution in [3.8, 4) is 5.69 Å². The van der Waals surface area contributed by atoms with E-state index in [4.69, 9.17) is 16.3 Å². The summed E-state index contributed by atoms with van der Waals surface area (Å²) in [6.45, 7) is 4.16. The molecule has 1 heterocycles. The summed E-state index contributed by atoms with van der Waals surface area (Å²) in [6.07, 6.45) is 3.14. The molecule has 140 valence electrons. The third-order valence-corrected chi connectivity index (χ3v) is 5.95. The standard InChI is InChI=1S/C18H24ClN5O2/c1-12-8-10-18(11-9-12,23(3)17(25)26-4)16-20-21-22-24(16)15-7-5-6-14(19)13(15)2/h5-7,12H,8-11H2,1-4H3. The number of carbonyl (C=O) groups excluding carboxylic acids is 1. The van der Waals surface area contributed by atoms with Gasteiger partial charge in [-0.15, -0.1) is 5.10 Å². The lowest BCUT2D eigenvalue weighted by Crippen LogP contribution is -2.50. The van der Waals surface area contributed by atoms with Gasteiger partial charge in [-0.1, -0.05) is 24.6 Å². The van der Waals surface area contributed by atoms with Crippen LogP contribution >= 0.6 is 11.6 Å². The molecule has 0 bridgehead atoms. The highest BCUT2D eigenvalue weighted by atomic mass is 35.5. The normalized spacial score (nSPS) is 22.9. The summed E-state index contributed by atoms with van der Waals surface area (Å²) >= 11 is 6.29. The van der Waals surface area contributed by atoms with Crippen molar-refractivity contribution in [2.75, 3.05) is 14.2 Å². The number of rotatable bonds is 3. The minimum Gasteiger partial charge on any atom is -0.453 e. The van der Waals surface area contributed by atoms with Gasteiger partial charge < -0.3 is 4.74 Å². The Balaban J connectivity index is 2.14. The molecule has 0 radical (unpaired) electrons. The van der Waals surface area contributed by atoms with Gasteiger partial charge in [-0.25, -0.2) is 4.79 Å². The van der Waals surface area contributed by atoms with Crippen LogP contribution in [0.15, 0.2) is 18.2 Å². The smallest absolute Gasteiger partial charge is 0.410 e. The summed E-state index contributed by atoms with van der Waals surface area (Å²) in [5.74, 6) is 1.24. The van der Waals surface area contributed by atoms with Crippen LogP contribution in [0.5, 0.6) is 0 Å². The molecule has 0 atom stereocenters. The zero-order valence-electron chi connectivity index (χ0n) is 15.6. The Morgan fingerprint density at radius 1 is 1.38 bits per heavy atom. The molecular weight excluding hydrogens is 354 g/mol. The van der Waals surface area contributed by atoms with Gasteiger partial charge in [-0.05, 0) is 66.6 Å². The number of tetrazole rings is 1. The number of methoxy groups -OCH3 is 1. The fraction of sp³-hybridized carbons (Fsp3) is 0.556. The molecule has 1 amide bonds. The summed E-state index contributed by atoms with van der Waals surface area (Å²) in [5.41, 5.74) is 1.09. The Morgan fingerprint density at radius 3 is 2.73 bits per heavy atom. The number of aromatic nitrogens is 4. The average molecular weight is 378 g/mol. The lowest BCUT2D eigenvalue weighted by atomic mass is 9.75. The second-order valence-electron chi connectivity index (χ2n) is 7.04. The number of nitrogens with zero attached hydrogens (tertiary/aromatic N) is 5. The molecule has 3 rings (SSSR count). The van der Waals surface area contributed by atoms with E-state index in [0.29, 0.717) is 16.8 Å². The second-order valence-corrected chi connectivity index (χ2v) is 7.45. The maximum Gasteiger partial charge on any atom is 0.410 e. The quantitative estimate of drug-likeness (QED) is 0.814. The molecule has 0 aliphatic heterocycles. The predicted octanol–water partition coefficient (Wildman–Crippen LogP) is 3.73. The molecule has 1 saturated carbocycles. The predicted molar refractivity (Wildman–Crippen MR) is 98.4 cm³/mol. The zero-order valence-corrected chi connectivity index (χ0v) is 16.3. The van der Waals surface area contributed by atoms with Gasteiger partial charge in [0, 0.05) is 12.1 Å². The largest absolute Gasteiger partial charge is 0.453 e. The van der Waals surface area contributed by atoms with E-state index in [1.165, 1.54) is 7.11 Å². The van der Waals surface area contributed by atoms with Crippen LogP contribution in [-0.2, 0) is 10.3 Å². The van der Waals surface area contributed by atoms with Crippen LogP contribution in [0.1, 0.15) is 44.0 Å². The topological polar surface area (TPSA) is 73.1 Å². The molecule has 1 aliphatic carbocycles. The Hall–Kier alpha value is -2.15. The SMILES string of the molecule is COC(=O)N(C)C1(c2nnnn2-c2cccc(Cl)c2C)CCC(C)CC1. The first-order valence-electron chi connectivity index (χ1n) is 8.77. The van der Waals surface area contributed by atoms with E-state index in [2.05, 4.69) is 22.4 Å². The summed E-state index contributed by atoms with van der Waals surface area (Å²) in [5, 5.41) is 13.1. The molecule has 1 fully saturated rings. The molecule has 26 heavy (non-hydrogen) atoms. The molecule has 0 saturated heterocycles. The van der Waals surface area contributed by atoms with E-state index in [0.717, 1.165) is 36.9 Å². The number of hydrogen-bond acceptors (Lipinski definition) is 5. The van der Waals surface area contributed by atoms with Gasteiger partial charge >= 0.3 is 6.09 Å². The Morgan fingerprint density at radius 2 is 2.08 bits per heavy atom. The number of halogens is 1. The third kappa shape index (κ3) is 3.05. The third-order valence-electron chi connectivity index (χ3n) is 5.54. The lowest BCUT2D eigenvalue weighted by molar-refractivity contribution is 0.0383. The van der Waals surface area contributed by atoms with Crippen molar-refractivity contribution in [3.63, 3.8) is 0 Å². The molecular formula is C18H24ClN5O2. The second kappa shape index (κ2) is 7.23. The minimum atomic E-state index is -0.613. The number of benzene rings is 1. The fourth-order valence-corrected chi connectivity index (χ4v) is 3.90. The molecule has 1 aromatic carbocycles. The molecule has 7 nitrogen and oxygen atoms in total. The molecule has 0 spiro atoms. The van der Waals surface area contributed by atoms with Crippen LogP contribution in [0.3, 0.4) is 0 Å². The van der Waals surface area contributed by atoms with Gasteiger partial charge in [0.1, 0.15) is 5.54 Å². The maximum absolute atomic E-state index is 12.4. The van der Waals surface area contributed by atoms with Crippen molar-refractivity contribution in [2.45, 2.75) is 45.1 Å². The average Bonchev–Trinajstić information content (AvgIpc) is 3.13. The number of carbonyl (C=O) groups is 1. The number of hydrogen-bond donors (Lipinski definition) is 0. The zero-order chi connectivity index (χ0) is 18.9. The van der Waals surface area contributed by atoms with E-state index in [9.17, 15) is 4.79 Å².